The summed E-state index contributed by atoms with van der Waals surface area (Å²) in [4.78, 5) is 11.1. The van der Waals surface area contributed by atoms with Crippen molar-refractivity contribution in [3.8, 4) is 11.5 Å². The van der Waals surface area contributed by atoms with E-state index in [1.54, 1.807) is 12.1 Å². The van der Waals surface area contributed by atoms with Crippen molar-refractivity contribution >= 4 is 23.3 Å². The van der Waals surface area contributed by atoms with Crippen LogP contribution in [0.15, 0.2) is 66.7 Å². The van der Waals surface area contributed by atoms with Gasteiger partial charge in [-0.25, -0.2) is 4.79 Å². The molecule has 0 amide bonds. The second-order valence-electron chi connectivity index (χ2n) is 6.34. The Morgan fingerprint density at radius 1 is 0.966 bits per heavy atom. The van der Waals surface area contributed by atoms with Gasteiger partial charge in [0.05, 0.1) is 17.2 Å². The summed E-state index contributed by atoms with van der Waals surface area (Å²) in [5.74, 6) is 0.323. The van der Waals surface area contributed by atoms with Crippen LogP contribution in [0, 0.1) is 0 Å². The number of ether oxygens (including phenoxy) is 2. The molecular weight excluding hydrogens is 390 g/mol. The maximum Gasteiger partial charge on any atom is 0.337 e. The molecule has 0 aliphatic carbocycles. The molecule has 3 aromatic rings. The van der Waals surface area contributed by atoms with Crippen LogP contribution in [-0.2, 0) is 13.2 Å². The Labute approximate surface area is 174 Å². The largest absolute Gasteiger partial charge is 0.490 e. The maximum absolute atomic E-state index is 11.1. The molecule has 0 unspecified atom stereocenters. The van der Waals surface area contributed by atoms with Crippen molar-refractivity contribution < 1.29 is 19.4 Å². The van der Waals surface area contributed by atoms with E-state index >= 15 is 0 Å². The third kappa shape index (κ3) is 5.65. The lowest BCUT2D eigenvalue weighted by atomic mass is 10.1. The highest BCUT2D eigenvalue weighted by Crippen LogP contribution is 2.30. The number of carboxylic acid groups (broad SMARTS) is 1. The number of carbonyl (C=O) groups is 1. The molecule has 150 valence electrons. The van der Waals surface area contributed by atoms with Crippen LogP contribution in [0.4, 0.5) is 5.69 Å². The van der Waals surface area contributed by atoms with Gasteiger partial charge in [-0.3, -0.25) is 0 Å². The van der Waals surface area contributed by atoms with E-state index in [4.69, 9.17) is 26.2 Å². The smallest absolute Gasteiger partial charge is 0.337 e. The topological polar surface area (TPSA) is 67.8 Å². The lowest BCUT2D eigenvalue weighted by Gasteiger charge is -2.14. The van der Waals surface area contributed by atoms with Crippen molar-refractivity contribution in [1.29, 1.82) is 0 Å². The Morgan fingerprint density at radius 3 is 2.45 bits per heavy atom. The Hall–Kier alpha value is -3.18. The summed E-state index contributed by atoms with van der Waals surface area (Å²) in [7, 11) is 0. The standard InChI is InChI=1S/C23H22ClNO4/c1-2-28-22-12-17(8-11-21(22)29-15-16-6-4-3-5-7-16)14-25-18-9-10-19(23(26)27)20(24)13-18/h3-13,25H,2,14-15H2,1H3,(H,26,27). The molecule has 0 saturated carbocycles. The highest BCUT2D eigenvalue weighted by atomic mass is 35.5. The molecule has 0 aromatic heterocycles. The average molecular weight is 412 g/mol. The van der Waals surface area contributed by atoms with E-state index in [0.717, 1.165) is 16.8 Å². The fourth-order valence-electron chi connectivity index (χ4n) is 2.79. The molecule has 0 aliphatic heterocycles. The van der Waals surface area contributed by atoms with E-state index in [0.29, 0.717) is 31.3 Å². The molecule has 0 atom stereocenters. The van der Waals surface area contributed by atoms with E-state index in [9.17, 15) is 4.79 Å². The van der Waals surface area contributed by atoms with E-state index in [-0.39, 0.29) is 10.6 Å². The third-order valence-corrected chi connectivity index (χ3v) is 4.55. The number of nitrogens with one attached hydrogen (secondary N) is 1. The molecule has 6 heteroatoms. The van der Waals surface area contributed by atoms with E-state index in [1.165, 1.54) is 6.07 Å². The summed E-state index contributed by atoms with van der Waals surface area (Å²) in [5, 5.41) is 12.5. The number of anilines is 1. The van der Waals surface area contributed by atoms with E-state index < -0.39 is 5.97 Å². The van der Waals surface area contributed by atoms with Gasteiger partial charge in [0.2, 0.25) is 0 Å². The van der Waals surface area contributed by atoms with Gasteiger partial charge < -0.3 is 19.9 Å². The average Bonchev–Trinajstić information content (AvgIpc) is 2.72. The Bertz CT molecular complexity index is 976. The summed E-state index contributed by atoms with van der Waals surface area (Å²) in [5.41, 5.74) is 2.90. The van der Waals surface area contributed by atoms with Crippen LogP contribution in [0.5, 0.6) is 11.5 Å². The first kappa shape index (κ1) is 20.6. The maximum atomic E-state index is 11.1. The van der Waals surface area contributed by atoms with Crippen molar-refractivity contribution in [2.45, 2.75) is 20.1 Å². The summed E-state index contributed by atoms with van der Waals surface area (Å²) in [6.07, 6.45) is 0. The zero-order valence-electron chi connectivity index (χ0n) is 16.0. The van der Waals surface area contributed by atoms with Gasteiger partial charge in [-0.2, -0.15) is 0 Å². The molecule has 0 fully saturated rings. The van der Waals surface area contributed by atoms with Crippen LogP contribution in [0.2, 0.25) is 5.02 Å². The lowest BCUT2D eigenvalue weighted by molar-refractivity contribution is 0.0697. The highest BCUT2D eigenvalue weighted by Gasteiger charge is 2.10. The third-order valence-electron chi connectivity index (χ3n) is 4.24. The minimum absolute atomic E-state index is 0.0794. The van der Waals surface area contributed by atoms with Crippen LogP contribution in [-0.4, -0.2) is 17.7 Å². The summed E-state index contributed by atoms with van der Waals surface area (Å²) >= 11 is 6.02. The fraction of sp³-hybridized carbons (Fsp3) is 0.174. The normalized spacial score (nSPS) is 10.4. The molecule has 5 nitrogen and oxygen atoms in total. The molecule has 3 aromatic carbocycles. The molecule has 0 spiro atoms. The molecule has 0 heterocycles. The van der Waals surface area contributed by atoms with Gasteiger partial charge in [0, 0.05) is 12.2 Å². The van der Waals surface area contributed by atoms with Crippen LogP contribution < -0.4 is 14.8 Å². The van der Waals surface area contributed by atoms with Crippen molar-refractivity contribution in [2.75, 3.05) is 11.9 Å². The quantitative estimate of drug-likeness (QED) is 0.477. The molecule has 0 saturated heterocycles. The van der Waals surface area contributed by atoms with Gasteiger partial charge in [-0.05, 0) is 48.4 Å². The monoisotopic (exact) mass is 411 g/mol. The van der Waals surface area contributed by atoms with Crippen LogP contribution in [0.3, 0.4) is 0 Å². The van der Waals surface area contributed by atoms with Crippen molar-refractivity contribution in [2.24, 2.45) is 0 Å². The molecule has 29 heavy (non-hydrogen) atoms. The number of aromatic carboxylic acids is 1. The van der Waals surface area contributed by atoms with Gasteiger partial charge >= 0.3 is 5.97 Å². The first-order chi connectivity index (χ1) is 14.1. The Balaban J connectivity index is 1.67. The number of benzene rings is 3. The molecule has 0 aliphatic rings. The molecule has 2 N–H and O–H groups in total. The number of rotatable bonds is 9. The Morgan fingerprint density at radius 2 is 1.76 bits per heavy atom. The second-order valence-corrected chi connectivity index (χ2v) is 6.75. The summed E-state index contributed by atoms with van der Waals surface area (Å²) in [6.45, 7) is 3.46. The Kier molecular flexibility index (Phi) is 6.98. The van der Waals surface area contributed by atoms with Gasteiger partial charge in [-0.1, -0.05) is 48.0 Å². The van der Waals surface area contributed by atoms with Gasteiger partial charge in [0.1, 0.15) is 6.61 Å². The van der Waals surface area contributed by atoms with Gasteiger partial charge in [0.15, 0.2) is 11.5 Å². The zero-order valence-corrected chi connectivity index (χ0v) is 16.8. The summed E-state index contributed by atoms with van der Waals surface area (Å²) < 4.78 is 11.7. The molecular formula is C23H22ClNO4. The SMILES string of the molecule is CCOc1cc(CNc2ccc(C(=O)O)c(Cl)c2)ccc1OCc1ccccc1. The predicted molar refractivity (Wildman–Crippen MR) is 114 cm³/mol. The molecule has 3 rings (SSSR count). The van der Waals surface area contributed by atoms with Gasteiger partial charge in [0.25, 0.3) is 0 Å². The first-order valence-corrected chi connectivity index (χ1v) is 9.63. The molecule has 0 bridgehead atoms. The lowest BCUT2D eigenvalue weighted by Crippen LogP contribution is -2.04. The minimum atomic E-state index is -1.05. The van der Waals surface area contributed by atoms with Crippen molar-refractivity contribution in [3.63, 3.8) is 0 Å². The van der Waals surface area contributed by atoms with E-state index in [1.807, 2.05) is 55.5 Å². The minimum Gasteiger partial charge on any atom is -0.490 e. The van der Waals surface area contributed by atoms with Crippen molar-refractivity contribution in [1.82, 2.24) is 0 Å². The number of halogens is 1. The number of carboxylic acids is 1. The number of hydrogen-bond acceptors (Lipinski definition) is 4. The zero-order chi connectivity index (χ0) is 20.6. The number of hydrogen-bond donors (Lipinski definition) is 2. The van der Waals surface area contributed by atoms with Crippen molar-refractivity contribution in [3.05, 3.63) is 88.4 Å². The first-order valence-electron chi connectivity index (χ1n) is 9.26. The van der Waals surface area contributed by atoms with Crippen LogP contribution in [0.1, 0.15) is 28.4 Å². The van der Waals surface area contributed by atoms with Crippen LogP contribution in [0.25, 0.3) is 0 Å². The second kappa shape index (κ2) is 9.85. The predicted octanol–water partition coefficient (Wildman–Crippen LogP) is 5.63. The fourth-order valence-corrected chi connectivity index (χ4v) is 3.05. The van der Waals surface area contributed by atoms with Gasteiger partial charge in [-0.15, -0.1) is 0 Å². The molecule has 0 radical (unpaired) electrons. The highest BCUT2D eigenvalue weighted by molar-refractivity contribution is 6.33. The van der Waals surface area contributed by atoms with Crippen LogP contribution >= 0.6 is 11.6 Å². The summed E-state index contributed by atoms with van der Waals surface area (Å²) in [6, 6.07) is 20.5. The van der Waals surface area contributed by atoms with E-state index in [2.05, 4.69) is 5.32 Å².